The molecular formula is C16H24N4O. The number of hydrogen-bond acceptors (Lipinski definition) is 4. The molecule has 0 spiro atoms. The maximum Gasteiger partial charge on any atom is 0.251 e. The first-order chi connectivity index (χ1) is 10.3. The molecule has 2 aliphatic heterocycles. The van der Waals surface area contributed by atoms with Crippen LogP contribution in [0.15, 0.2) is 18.2 Å². The third kappa shape index (κ3) is 3.29. The molecule has 0 radical (unpaired) electrons. The zero-order valence-corrected chi connectivity index (χ0v) is 12.6. The molecular weight excluding hydrogens is 264 g/mol. The first kappa shape index (κ1) is 14.2. The first-order valence-electron chi connectivity index (χ1n) is 7.91. The molecule has 114 valence electrons. The van der Waals surface area contributed by atoms with Crippen molar-refractivity contribution in [2.75, 3.05) is 43.4 Å². The van der Waals surface area contributed by atoms with Gasteiger partial charge in [0.05, 0.1) is 11.4 Å². The van der Waals surface area contributed by atoms with Gasteiger partial charge in [0.1, 0.15) is 0 Å². The monoisotopic (exact) mass is 288 g/mol. The molecule has 0 bridgehead atoms. The van der Waals surface area contributed by atoms with Crippen molar-refractivity contribution in [3.8, 4) is 0 Å². The van der Waals surface area contributed by atoms with E-state index in [1.807, 2.05) is 18.2 Å². The van der Waals surface area contributed by atoms with Crippen LogP contribution in [-0.2, 0) is 0 Å². The summed E-state index contributed by atoms with van der Waals surface area (Å²) < 4.78 is 0. The van der Waals surface area contributed by atoms with Gasteiger partial charge in [-0.1, -0.05) is 6.92 Å². The number of amides is 1. The number of carbonyl (C=O) groups excluding carboxylic acids is 1. The normalized spacial score (nSPS) is 21.9. The molecule has 1 amide bonds. The van der Waals surface area contributed by atoms with Gasteiger partial charge in [0.2, 0.25) is 0 Å². The van der Waals surface area contributed by atoms with Crippen molar-refractivity contribution in [2.45, 2.75) is 25.8 Å². The van der Waals surface area contributed by atoms with Crippen molar-refractivity contribution in [3.05, 3.63) is 23.8 Å². The predicted molar refractivity (Wildman–Crippen MR) is 86.0 cm³/mol. The number of rotatable bonds is 3. The SMILES string of the molecule is CCN1CCCC(NC(=O)c2ccc3c(c2)NCCN3)C1. The number of likely N-dealkylation sites (N-methyl/N-ethyl adjacent to an activating group) is 1. The average Bonchev–Trinajstić information content (AvgIpc) is 2.54. The molecule has 2 heterocycles. The average molecular weight is 288 g/mol. The van der Waals surface area contributed by atoms with Gasteiger partial charge < -0.3 is 20.9 Å². The molecule has 1 aromatic rings. The van der Waals surface area contributed by atoms with Gasteiger partial charge in [0, 0.05) is 31.2 Å². The molecule has 5 nitrogen and oxygen atoms in total. The van der Waals surface area contributed by atoms with Gasteiger partial charge in [-0.25, -0.2) is 0 Å². The molecule has 1 unspecified atom stereocenters. The Labute approximate surface area is 126 Å². The highest BCUT2D eigenvalue weighted by Crippen LogP contribution is 2.25. The Bertz CT molecular complexity index is 517. The van der Waals surface area contributed by atoms with E-state index in [9.17, 15) is 4.79 Å². The van der Waals surface area contributed by atoms with E-state index < -0.39 is 0 Å². The van der Waals surface area contributed by atoms with Gasteiger partial charge in [0.15, 0.2) is 0 Å². The van der Waals surface area contributed by atoms with Gasteiger partial charge in [-0.3, -0.25) is 4.79 Å². The standard InChI is InChI=1S/C16H24N4O/c1-2-20-9-3-4-13(11-20)19-16(21)12-5-6-14-15(10-12)18-8-7-17-14/h5-6,10,13,17-18H,2-4,7-9,11H2,1H3,(H,19,21). The quantitative estimate of drug-likeness (QED) is 0.793. The maximum absolute atomic E-state index is 12.4. The number of anilines is 2. The Hall–Kier alpha value is -1.75. The number of nitrogens with one attached hydrogen (secondary N) is 3. The lowest BCUT2D eigenvalue weighted by Gasteiger charge is -2.32. The molecule has 0 saturated carbocycles. The highest BCUT2D eigenvalue weighted by molar-refractivity contribution is 5.96. The van der Waals surface area contributed by atoms with Crippen molar-refractivity contribution in [1.29, 1.82) is 0 Å². The van der Waals surface area contributed by atoms with Crippen molar-refractivity contribution in [3.63, 3.8) is 0 Å². The van der Waals surface area contributed by atoms with Crippen molar-refractivity contribution < 1.29 is 4.79 Å². The summed E-state index contributed by atoms with van der Waals surface area (Å²) in [5.74, 6) is 0.0353. The number of piperidine rings is 1. The van der Waals surface area contributed by atoms with Crippen LogP contribution in [0.4, 0.5) is 11.4 Å². The Kier molecular flexibility index (Phi) is 4.29. The fraction of sp³-hybridized carbons (Fsp3) is 0.562. The Morgan fingerprint density at radius 2 is 2.14 bits per heavy atom. The molecule has 1 saturated heterocycles. The smallest absolute Gasteiger partial charge is 0.251 e. The summed E-state index contributed by atoms with van der Waals surface area (Å²) in [5.41, 5.74) is 2.83. The number of fused-ring (bicyclic) bond motifs is 1. The summed E-state index contributed by atoms with van der Waals surface area (Å²) in [4.78, 5) is 14.8. The summed E-state index contributed by atoms with van der Waals surface area (Å²) in [7, 11) is 0. The van der Waals surface area contributed by atoms with E-state index in [-0.39, 0.29) is 11.9 Å². The van der Waals surface area contributed by atoms with Crippen LogP contribution in [0.2, 0.25) is 0 Å². The summed E-state index contributed by atoms with van der Waals surface area (Å²) in [6.45, 7) is 7.16. The lowest BCUT2D eigenvalue weighted by atomic mass is 10.0. The summed E-state index contributed by atoms with van der Waals surface area (Å²) in [5, 5.41) is 9.83. The van der Waals surface area contributed by atoms with Crippen LogP contribution in [0.25, 0.3) is 0 Å². The fourth-order valence-corrected chi connectivity index (χ4v) is 3.11. The minimum absolute atomic E-state index is 0.0353. The number of carbonyl (C=O) groups is 1. The van der Waals surface area contributed by atoms with Crippen LogP contribution in [0.5, 0.6) is 0 Å². The van der Waals surface area contributed by atoms with Gasteiger partial charge in [-0.2, -0.15) is 0 Å². The van der Waals surface area contributed by atoms with Crippen LogP contribution in [-0.4, -0.2) is 49.6 Å². The molecule has 1 atom stereocenters. The molecule has 0 aliphatic carbocycles. The highest BCUT2D eigenvalue weighted by atomic mass is 16.1. The molecule has 2 aliphatic rings. The molecule has 1 fully saturated rings. The van der Waals surface area contributed by atoms with Crippen LogP contribution in [0.3, 0.4) is 0 Å². The van der Waals surface area contributed by atoms with E-state index in [1.54, 1.807) is 0 Å². The molecule has 3 rings (SSSR count). The molecule has 5 heteroatoms. The Morgan fingerprint density at radius 1 is 1.33 bits per heavy atom. The number of hydrogen-bond donors (Lipinski definition) is 3. The summed E-state index contributed by atoms with van der Waals surface area (Å²) >= 11 is 0. The van der Waals surface area contributed by atoms with Crippen LogP contribution in [0.1, 0.15) is 30.1 Å². The van der Waals surface area contributed by atoms with E-state index >= 15 is 0 Å². The molecule has 0 aromatic heterocycles. The van der Waals surface area contributed by atoms with Gasteiger partial charge >= 0.3 is 0 Å². The third-order valence-corrected chi connectivity index (χ3v) is 4.33. The highest BCUT2D eigenvalue weighted by Gasteiger charge is 2.21. The number of nitrogens with zero attached hydrogens (tertiary/aromatic N) is 1. The number of likely N-dealkylation sites (tertiary alicyclic amines) is 1. The lowest BCUT2D eigenvalue weighted by Crippen LogP contribution is -2.47. The van der Waals surface area contributed by atoms with E-state index in [1.165, 1.54) is 0 Å². The first-order valence-corrected chi connectivity index (χ1v) is 7.91. The maximum atomic E-state index is 12.4. The van der Waals surface area contributed by atoms with Gasteiger partial charge in [-0.15, -0.1) is 0 Å². The van der Waals surface area contributed by atoms with Crippen LogP contribution >= 0.6 is 0 Å². The molecule has 1 aromatic carbocycles. The van der Waals surface area contributed by atoms with Crippen molar-refractivity contribution >= 4 is 17.3 Å². The van der Waals surface area contributed by atoms with Crippen molar-refractivity contribution in [2.24, 2.45) is 0 Å². The third-order valence-electron chi connectivity index (χ3n) is 4.33. The van der Waals surface area contributed by atoms with Gasteiger partial charge in [0.25, 0.3) is 5.91 Å². The second-order valence-corrected chi connectivity index (χ2v) is 5.82. The minimum atomic E-state index is 0.0353. The zero-order valence-electron chi connectivity index (χ0n) is 12.6. The fourth-order valence-electron chi connectivity index (χ4n) is 3.11. The Balaban J connectivity index is 1.65. The number of benzene rings is 1. The largest absolute Gasteiger partial charge is 0.382 e. The zero-order chi connectivity index (χ0) is 14.7. The van der Waals surface area contributed by atoms with Crippen LogP contribution < -0.4 is 16.0 Å². The van der Waals surface area contributed by atoms with Crippen LogP contribution in [0, 0.1) is 0 Å². The van der Waals surface area contributed by atoms with E-state index in [0.29, 0.717) is 0 Å². The van der Waals surface area contributed by atoms with E-state index in [0.717, 1.165) is 62.5 Å². The molecule has 3 N–H and O–H groups in total. The second kappa shape index (κ2) is 6.35. The topological polar surface area (TPSA) is 56.4 Å². The molecule has 21 heavy (non-hydrogen) atoms. The van der Waals surface area contributed by atoms with E-state index in [4.69, 9.17) is 0 Å². The minimum Gasteiger partial charge on any atom is -0.382 e. The predicted octanol–water partition coefficient (Wildman–Crippen LogP) is 1.74. The van der Waals surface area contributed by atoms with E-state index in [2.05, 4.69) is 27.8 Å². The van der Waals surface area contributed by atoms with Gasteiger partial charge in [-0.05, 0) is 44.1 Å². The summed E-state index contributed by atoms with van der Waals surface area (Å²) in [6.07, 6.45) is 2.24. The Morgan fingerprint density at radius 3 is 2.95 bits per heavy atom. The lowest BCUT2D eigenvalue weighted by molar-refractivity contribution is 0.0906. The van der Waals surface area contributed by atoms with Crippen molar-refractivity contribution in [1.82, 2.24) is 10.2 Å². The second-order valence-electron chi connectivity index (χ2n) is 5.82. The summed E-state index contributed by atoms with van der Waals surface area (Å²) in [6, 6.07) is 6.09.